The smallest absolute Gasteiger partial charge is 0.243 e. The molecule has 1 fully saturated rings. The lowest BCUT2D eigenvalue weighted by Gasteiger charge is -2.33. The highest BCUT2D eigenvalue weighted by molar-refractivity contribution is 14.0. The minimum absolute atomic E-state index is 0. The number of amides is 1. The second-order valence-electron chi connectivity index (χ2n) is 8.24. The Bertz CT molecular complexity index is 858. The zero-order chi connectivity index (χ0) is 22.2. The number of thiazole rings is 1. The van der Waals surface area contributed by atoms with Gasteiger partial charge in [0.1, 0.15) is 11.6 Å². The summed E-state index contributed by atoms with van der Waals surface area (Å²) in [6.45, 7) is 7.93. The summed E-state index contributed by atoms with van der Waals surface area (Å²) < 4.78 is 0. The SMILES string of the molecule is Cc1nc(CNC(=NCC(=O)N(C)C)NC2CCN(Cc3ccccc3)CC2)sc1C.I. The molecule has 2 N–H and O–H groups in total. The number of hydrogen-bond donors (Lipinski definition) is 2. The lowest BCUT2D eigenvalue weighted by molar-refractivity contribution is -0.127. The highest BCUT2D eigenvalue weighted by atomic mass is 127. The minimum atomic E-state index is -0.0142. The van der Waals surface area contributed by atoms with Crippen molar-refractivity contribution < 1.29 is 4.79 Å². The monoisotopic (exact) mass is 570 g/mol. The van der Waals surface area contributed by atoms with Crippen LogP contribution < -0.4 is 10.6 Å². The van der Waals surface area contributed by atoms with Gasteiger partial charge in [-0.3, -0.25) is 9.69 Å². The number of aliphatic imine (C=N–C) groups is 1. The van der Waals surface area contributed by atoms with E-state index >= 15 is 0 Å². The lowest BCUT2D eigenvalue weighted by atomic mass is 10.0. The number of nitrogens with one attached hydrogen (secondary N) is 2. The first-order chi connectivity index (χ1) is 14.9. The largest absolute Gasteiger partial charge is 0.354 e. The Morgan fingerprint density at radius 2 is 1.91 bits per heavy atom. The molecule has 1 aliphatic rings. The Morgan fingerprint density at radius 1 is 1.22 bits per heavy atom. The van der Waals surface area contributed by atoms with E-state index in [4.69, 9.17) is 0 Å². The van der Waals surface area contributed by atoms with Crippen molar-refractivity contribution in [3.63, 3.8) is 0 Å². The van der Waals surface area contributed by atoms with E-state index in [1.54, 1.807) is 30.3 Å². The van der Waals surface area contributed by atoms with Gasteiger partial charge in [-0.15, -0.1) is 35.3 Å². The summed E-state index contributed by atoms with van der Waals surface area (Å²) in [7, 11) is 3.50. The van der Waals surface area contributed by atoms with Crippen LogP contribution in [0, 0.1) is 13.8 Å². The zero-order valence-electron chi connectivity index (χ0n) is 19.4. The number of likely N-dealkylation sites (N-methyl/N-ethyl adjacent to an activating group) is 1. The summed E-state index contributed by atoms with van der Waals surface area (Å²) in [6.07, 6.45) is 2.09. The maximum atomic E-state index is 12.0. The van der Waals surface area contributed by atoms with Gasteiger partial charge in [-0.05, 0) is 32.3 Å². The molecule has 1 aromatic carbocycles. The number of aryl methyl sites for hydroxylation is 2. The molecule has 2 aromatic rings. The molecular weight excluding hydrogens is 535 g/mol. The first-order valence-corrected chi connectivity index (χ1v) is 11.7. The van der Waals surface area contributed by atoms with Crippen molar-refractivity contribution in [1.82, 2.24) is 25.4 Å². The van der Waals surface area contributed by atoms with Crippen LogP contribution in [0.15, 0.2) is 35.3 Å². The molecule has 0 saturated carbocycles. The summed E-state index contributed by atoms with van der Waals surface area (Å²) in [5.74, 6) is 0.668. The van der Waals surface area contributed by atoms with Crippen LogP contribution >= 0.6 is 35.3 Å². The number of carbonyl (C=O) groups is 1. The normalized spacial score (nSPS) is 15.2. The van der Waals surface area contributed by atoms with E-state index in [0.717, 1.165) is 43.2 Å². The predicted octanol–water partition coefficient (Wildman–Crippen LogP) is 3.17. The van der Waals surface area contributed by atoms with Crippen LogP contribution in [-0.4, -0.2) is 66.4 Å². The second kappa shape index (κ2) is 13.1. The number of rotatable bonds is 7. The molecule has 0 aliphatic carbocycles. The molecular formula is C23H35IN6OS. The molecule has 0 spiro atoms. The fourth-order valence-electron chi connectivity index (χ4n) is 3.49. The van der Waals surface area contributed by atoms with Crippen LogP contribution in [0.2, 0.25) is 0 Å². The Kier molecular flexibility index (Phi) is 10.9. The van der Waals surface area contributed by atoms with Crippen molar-refractivity contribution in [2.24, 2.45) is 4.99 Å². The van der Waals surface area contributed by atoms with E-state index in [1.165, 1.54) is 10.4 Å². The molecule has 0 bridgehead atoms. The third kappa shape index (κ3) is 8.32. The van der Waals surface area contributed by atoms with Crippen molar-refractivity contribution in [3.05, 3.63) is 51.5 Å². The van der Waals surface area contributed by atoms with Gasteiger partial charge < -0.3 is 15.5 Å². The molecule has 9 heteroatoms. The number of hydrogen-bond acceptors (Lipinski definition) is 5. The van der Waals surface area contributed by atoms with Crippen LogP contribution in [0.25, 0.3) is 0 Å². The number of guanidine groups is 1. The third-order valence-corrected chi connectivity index (χ3v) is 6.60. The number of benzene rings is 1. The van der Waals surface area contributed by atoms with Gasteiger partial charge in [0.25, 0.3) is 0 Å². The van der Waals surface area contributed by atoms with Gasteiger partial charge in [0.15, 0.2) is 5.96 Å². The molecule has 1 amide bonds. The molecule has 0 atom stereocenters. The van der Waals surface area contributed by atoms with E-state index in [0.29, 0.717) is 18.5 Å². The molecule has 0 unspecified atom stereocenters. The number of carbonyl (C=O) groups excluding carboxylic acids is 1. The van der Waals surface area contributed by atoms with Gasteiger partial charge in [-0.2, -0.15) is 0 Å². The van der Waals surface area contributed by atoms with Crippen molar-refractivity contribution in [3.8, 4) is 0 Å². The molecule has 176 valence electrons. The van der Waals surface area contributed by atoms with Gasteiger partial charge in [0, 0.05) is 44.6 Å². The summed E-state index contributed by atoms with van der Waals surface area (Å²) in [5.41, 5.74) is 2.43. The maximum Gasteiger partial charge on any atom is 0.243 e. The van der Waals surface area contributed by atoms with Gasteiger partial charge in [-0.1, -0.05) is 30.3 Å². The van der Waals surface area contributed by atoms with Gasteiger partial charge >= 0.3 is 0 Å². The lowest BCUT2D eigenvalue weighted by Crippen LogP contribution is -2.48. The van der Waals surface area contributed by atoms with Crippen LogP contribution in [-0.2, 0) is 17.9 Å². The molecule has 2 heterocycles. The van der Waals surface area contributed by atoms with Gasteiger partial charge in [0.2, 0.25) is 5.91 Å². The van der Waals surface area contributed by atoms with E-state index in [2.05, 4.69) is 62.8 Å². The van der Waals surface area contributed by atoms with Crippen LogP contribution in [0.5, 0.6) is 0 Å². The fraction of sp³-hybridized carbons (Fsp3) is 0.522. The zero-order valence-corrected chi connectivity index (χ0v) is 22.6. The standard InChI is InChI=1S/C23H34N6OS.HI/c1-17-18(2)31-21(26-17)14-24-23(25-15-22(30)28(3)4)27-20-10-12-29(13-11-20)16-19-8-6-5-7-9-19;/h5-9,20H,10-16H2,1-4H3,(H2,24,25,27);1H. The molecule has 1 saturated heterocycles. The Labute approximate surface area is 212 Å². The maximum absolute atomic E-state index is 12.0. The van der Waals surface area contributed by atoms with Crippen LogP contribution in [0.4, 0.5) is 0 Å². The average molecular weight is 571 g/mol. The van der Waals surface area contributed by atoms with E-state index < -0.39 is 0 Å². The fourth-order valence-corrected chi connectivity index (χ4v) is 4.36. The van der Waals surface area contributed by atoms with Crippen molar-refractivity contribution in [2.45, 2.75) is 45.8 Å². The quantitative estimate of drug-likeness (QED) is 0.304. The first-order valence-electron chi connectivity index (χ1n) is 10.8. The van der Waals surface area contributed by atoms with Crippen molar-refractivity contribution in [1.29, 1.82) is 0 Å². The first kappa shape index (κ1) is 26.5. The van der Waals surface area contributed by atoms with Crippen molar-refractivity contribution >= 4 is 47.2 Å². The molecule has 32 heavy (non-hydrogen) atoms. The number of piperidine rings is 1. The molecule has 3 rings (SSSR count). The molecule has 0 radical (unpaired) electrons. The Balaban J connectivity index is 0.00000363. The minimum Gasteiger partial charge on any atom is -0.354 e. The van der Waals surface area contributed by atoms with Crippen LogP contribution in [0.1, 0.15) is 34.0 Å². The molecule has 1 aliphatic heterocycles. The number of aromatic nitrogens is 1. The molecule has 7 nitrogen and oxygen atoms in total. The van der Waals surface area contributed by atoms with Crippen LogP contribution in [0.3, 0.4) is 0 Å². The highest BCUT2D eigenvalue weighted by Gasteiger charge is 2.20. The van der Waals surface area contributed by atoms with E-state index in [1.807, 2.05) is 6.92 Å². The summed E-state index contributed by atoms with van der Waals surface area (Å²) in [6, 6.07) is 11.0. The summed E-state index contributed by atoms with van der Waals surface area (Å²) >= 11 is 1.69. The third-order valence-electron chi connectivity index (χ3n) is 5.53. The second-order valence-corrected chi connectivity index (χ2v) is 9.52. The highest BCUT2D eigenvalue weighted by Crippen LogP contribution is 2.16. The summed E-state index contributed by atoms with van der Waals surface area (Å²) in [5, 5.41) is 7.95. The Hall–Kier alpha value is -1.72. The van der Waals surface area contributed by atoms with Gasteiger partial charge in [0.05, 0.1) is 12.2 Å². The van der Waals surface area contributed by atoms with Crippen molar-refractivity contribution in [2.75, 3.05) is 33.7 Å². The average Bonchev–Trinajstić information content (AvgIpc) is 3.09. The van der Waals surface area contributed by atoms with Gasteiger partial charge in [-0.25, -0.2) is 9.98 Å². The number of halogens is 1. The Morgan fingerprint density at radius 3 is 2.50 bits per heavy atom. The molecule has 1 aromatic heterocycles. The topological polar surface area (TPSA) is 72.9 Å². The predicted molar refractivity (Wildman–Crippen MR) is 143 cm³/mol. The summed E-state index contributed by atoms with van der Waals surface area (Å²) in [4.78, 5) is 26.4. The van der Waals surface area contributed by atoms with E-state index in [9.17, 15) is 4.79 Å². The number of nitrogens with zero attached hydrogens (tertiary/aromatic N) is 4. The number of likely N-dealkylation sites (tertiary alicyclic amines) is 1. The van der Waals surface area contributed by atoms with E-state index in [-0.39, 0.29) is 36.4 Å².